The van der Waals surface area contributed by atoms with Crippen LogP contribution in [0.25, 0.3) is 0 Å². The molecule has 0 spiro atoms. The van der Waals surface area contributed by atoms with Crippen molar-refractivity contribution in [2.24, 2.45) is 5.92 Å². The molecule has 1 N–H and O–H groups in total. The molecule has 4 heteroatoms. The molecule has 0 aromatic carbocycles. The second kappa shape index (κ2) is 3.84. The zero-order chi connectivity index (χ0) is 11.1. The third-order valence-electron chi connectivity index (χ3n) is 4.10. The van der Waals surface area contributed by atoms with E-state index in [0.29, 0.717) is 17.9 Å². The highest BCUT2D eigenvalue weighted by atomic mass is 16.5. The van der Waals surface area contributed by atoms with Crippen LogP contribution in [0.15, 0.2) is 4.52 Å². The lowest BCUT2D eigenvalue weighted by molar-refractivity contribution is 0.332. The lowest BCUT2D eigenvalue weighted by Gasteiger charge is -2.14. The van der Waals surface area contributed by atoms with Crippen LogP contribution in [0.3, 0.4) is 0 Å². The first-order chi connectivity index (χ1) is 7.79. The van der Waals surface area contributed by atoms with Gasteiger partial charge in [0.2, 0.25) is 5.89 Å². The lowest BCUT2D eigenvalue weighted by atomic mass is 10.0. The van der Waals surface area contributed by atoms with Crippen molar-refractivity contribution in [2.45, 2.75) is 50.5 Å². The first kappa shape index (κ1) is 10.3. The summed E-state index contributed by atoms with van der Waals surface area (Å²) in [6.45, 7) is 2.24. The highest BCUT2D eigenvalue weighted by Crippen LogP contribution is 2.46. The van der Waals surface area contributed by atoms with Crippen LogP contribution in [0.5, 0.6) is 0 Å². The molecule has 0 saturated heterocycles. The van der Waals surface area contributed by atoms with Crippen LogP contribution in [0.1, 0.15) is 56.2 Å². The molecule has 4 atom stereocenters. The SMILES string of the molecule is CNC1CCCC1c1nc(C2CC2C)no1. The fraction of sp³-hybridized carbons (Fsp3) is 0.833. The molecule has 2 aliphatic carbocycles. The number of nitrogens with zero attached hydrogens (tertiary/aromatic N) is 2. The molecular weight excluding hydrogens is 202 g/mol. The lowest BCUT2D eigenvalue weighted by Crippen LogP contribution is -2.27. The summed E-state index contributed by atoms with van der Waals surface area (Å²) in [4.78, 5) is 4.59. The van der Waals surface area contributed by atoms with Crippen molar-refractivity contribution in [1.82, 2.24) is 15.5 Å². The Morgan fingerprint density at radius 3 is 2.81 bits per heavy atom. The zero-order valence-electron chi connectivity index (χ0n) is 9.94. The Labute approximate surface area is 95.8 Å². The van der Waals surface area contributed by atoms with Gasteiger partial charge in [0.25, 0.3) is 0 Å². The zero-order valence-corrected chi connectivity index (χ0v) is 9.94. The fourth-order valence-electron chi connectivity index (χ4n) is 2.83. The van der Waals surface area contributed by atoms with E-state index in [4.69, 9.17) is 4.52 Å². The maximum atomic E-state index is 5.43. The molecule has 0 bridgehead atoms. The van der Waals surface area contributed by atoms with Crippen molar-refractivity contribution in [3.63, 3.8) is 0 Å². The average molecular weight is 221 g/mol. The van der Waals surface area contributed by atoms with Gasteiger partial charge in [0.05, 0.1) is 5.92 Å². The molecule has 0 radical (unpaired) electrons. The molecule has 16 heavy (non-hydrogen) atoms. The van der Waals surface area contributed by atoms with Crippen LogP contribution < -0.4 is 5.32 Å². The van der Waals surface area contributed by atoms with Crippen molar-refractivity contribution >= 4 is 0 Å². The van der Waals surface area contributed by atoms with Gasteiger partial charge in [-0.15, -0.1) is 0 Å². The standard InChI is InChI=1S/C12H19N3O/c1-7-6-9(7)11-14-12(16-15-11)8-4-3-5-10(8)13-2/h7-10,13H,3-6H2,1-2H3. The van der Waals surface area contributed by atoms with Gasteiger partial charge in [-0.25, -0.2) is 0 Å². The molecule has 2 saturated carbocycles. The van der Waals surface area contributed by atoms with Crippen LogP contribution in [0.4, 0.5) is 0 Å². The number of likely N-dealkylation sites (N-methyl/N-ethyl adjacent to an activating group) is 1. The van der Waals surface area contributed by atoms with E-state index in [1.54, 1.807) is 0 Å². The highest BCUT2D eigenvalue weighted by molar-refractivity contribution is 5.10. The summed E-state index contributed by atoms with van der Waals surface area (Å²) >= 11 is 0. The largest absolute Gasteiger partial charge is 0.339 e. The average Bonchev–Trinajstić information content (AvgIpc) is 2.78. The third-order valence-corrected chi connectivity index (χ3v) is 4.10. The summed E-state index contributed by atoms with van der Waals surface area (Å²) in [5, 5.41) is 7.48. The minimum atomic E-state index is 0.431. The van der Waals surface area contributed by atoms with E-state index in [0.717, 1.165) is 17.6 Å². The first-order valence-electron chi connectivity index (χ1n) is 6.30. The van der Waals surface area contributed by atoms with Gasteiger partial charge in [0.1, 0.15) is 0 Å². The van der Waals surface area contributed by atoms with Crippen molar-refractivity contribution in [2.75, 3.05) is 7.05 Å². The van der Waals surface area contributed by atoms with E-state index in [9.17, 15) is 0 Å². The van der Waals surface area contributed by atoms with E-state index in [1.165, 1.54) is 25.7 Å². The van der Waals surface area contributed by atoms with Crippen LogP contribution in [-0.2, 0) is 0 Å². The molecule has 3 rings (SSSR count). The topological polar surface area (TPSA) is 51.0 Å². The van der Waals surface area contributed by atoms with E-state index >= 15 is 0 Å². The van der Waals surface area contributed by atoms with E-state index in [-0.39, 0.29) is 0 Å². The van der Waals surface area contributed by atoms with E-state index in [2.05, 4.69) is 22.4 Å². The number of nitrogens with one attached hydrogen (secondary N) is 1. The monoisotopic (exact) mass is 221 g/mol. The van der Waals surface area contributed by atoms with E-state index in [1.807, 2.05) is 7.05 Å². The third kappa shape index (κ3) is 1.65. The molecule has 0 aliphatic heterocycles. The summed E-state index contributed by atoms with van der Waals surface area (Å²) < 4.78 is 5.43. The normalized spacial score (nSPS) is 37.9. The maximum absolute atomic E-state index is 5.43. The van der Waals surface area contributed by atoms with Gasteiger partial charge in [-0.2, -0.15) is 4.98 Å². The Balaban J connectivity index is 1.76. The number of aromatic nitrogens is 2. The summed E-state index contributed by atoms with van der Waals surface area (Å²) in [6.07, 6.45) is 4.87. The summed E-state index contributed by atoms with van der Waals surface area (Å²) in [5.74, 6) is 3.52. The minimum Gasteiger partial charge on any atom is -0.339 e. The second-order valence-corrected chi connectivity index (χ2v) is 5.24. The number of hydrogen-bond acceptors (Lipinski definition) is 4. The van der Waals surface area contributed by atoms with Crippen LogP contribution in [0, 0.1) is 5.92 Å². The molecule has 2 fully saturated rings. The van der Waals surface area contributed by atoms with Crippen LogP contribution in [0.2, 0.25) is 0 Å². The highest BCUT2D eigenvalue weighted by Gasteiger charge is 2.39. The Morgan fingerprint density at radius 1 is 1.31 bits per heavy atom. The summed E-state index contributed by atoms with van der Waals surface area (Å²) in [6, 6.07) is 0.518. The van der Waals surface area contributed by atoms with Crippen molar-refractivity contribution in [3.05, 3.63) is 11.7 Å². The van der Waals surface area contributed by atoms with Crippen molar-refractivity contribution in [1.29, 1.82) is 0 Å². The molecule has 0 amide bonds. The molecule has 88 valence electrons. The minimum absolute atomic E-state index is 0.431. The molecular formula is C12H19N3O. The quantitative estimate of drug-likeness (QED) is 0.848. The van der Waals surface area contributed by atoms with Gasteiger partial charge in [0.15, 0.2) is 5.82 Å². The molecule has 2 aliphatic rings. The Bertz CT molecular complexity index is 376. The molecule has 4 unspecified atom stereocenters. The Hall–Kier alpha value is -0.900. The Kier molecular flexibility index (Phi) is 2.46. The first-order valence-corrected chi connectivity index (χ1v) is 6.30. The predicted octanol–water partition coefficient (Wildman–Crippen LogP) is 2.05. The fourth-order valence-corrected chi connectivity index (χ4v) is 2.83. The van der Waals surface area contributed by atoms with Crippen molar-refractivity contribution in [3.8, 4) is 0 Å². The summed E-state index contributed by atoms with van der Waals surface area (Å²) in [5.41, 5.74) is 0. The molecule has 1 aromatic heterocycles. The van der Waals surface area contributed by atoms with Gasteiger partial charge < -0.3 is 9.84 Å². The predicted molar refractivity (Wildman–Crippen MR) is 60.3 cm³/mol. The number of rotatable bonds is 3. The van der Waals surface area contributed by atoms with Gasteiger partial charge >= 0.3 is 0 Å². The smallest absolute Gasteiger partial charge is 0.231 e. The van der Waals surface area contributed by atoms with Gasteiger partial charge in [-0.3, -0.25) is 0 Å². The van der Waals surface area contributed by atoms with Gasteiger partial charge in [-0.05, 0) is 32.2 Å². The van der Waals surface area contributed by atoms with Crippen LogP contribution >= 0.6 is 0 Å². The van der Waals surface area contributed by atoms with Crippen LogP contribution in [-0.4, -0.2) is 23.2 Å². The Morgan fingerprint density at radius 2 is 2.12 bits per heavy atom. The van der Waals surface area contributed by atoms with Gasteiger partial charge in [-0.1, -0.05) is 18.5 Å². The second-order valence-electron chi connectivity index (χ2n) is 5.24. The van der Waals surface area contributed by atoms with Gasteiger partial charge in [0, 0.05) is 12.0 Å². The maximum Gasteiger partial charge on any atom is 0.231 e. The molecule has 1 heterocycles. The van der Waals surface area contributed by atoms with E-state index < -0.39 is 0 Å². The molecule has 1 aromatic rings. The summed E-state index contributed by atoms with van der Waals surface area (Å²) in [7, 11) is 2.02. The molecule has 4 nitrogen and oxygen atoms in total. The number of hydrogen-bond donors (Lipinski definition) is 1. The van der Waals surface area contributed by atoms with Crippen molar-refractivity contribution < 1.29 is 4.52 Å².